The fourth-order valence-electron chi connectivity index (χ4n) is 1.36. The van der Waals surface area contributed by atoms with E-state index in [-0.39, 0.29) is 11.3 Å². The molecule has 5 heteroatoms. The van der Waals surface area contributed by atoms with E-state index in [1.54, 1.807) is 19.1 Å². The molecule has 2 rings (SSSR count). The fourth-order valence-corrected chi connectivity index (χ4v) is 1.58. The summed E-state index contributed by atoms with van der Waals surface area (Å²) in [5, 5.41) is 11.7. The molecule has 0 aliphatic rings. The zero-order chi connectivity index (χ0) is 10.3. The van der Waals surface area contributed by atoms with Gasteiger partial charge in [-0.2, -0.15) is 0 Å². The number of furan rings is 1. The Morgan fingerprint density at radius 2 is 2.14 bits per heavy atom. The number of halogens is 1. The zero-order valence-electron chi connectivity index (χ0n) is 7.28. The third kappa shape index (κ3) is 1.33. The van der Waals surface area contributed by atoms with Crippen molar-refractivity contribution in [1.29, 1.82) is 0 Å². The van der Waals surface area contributed by atoms with Gasteiger partial charge in [0.25, 0.3) is 0 Å². The summed E-state index contributed by atoms with van der Waals surface area (Å²) in [6.45, 7) is 1.73. The van der Waals surface area contributed by atoms with Crippen molar-refractivity contribution in [3.8, 4) is 0 Å². The SMILES string of the molecule is Cc1cc2cc(Cl)cc([N+](=O)[O-])c2o1. The summed E-state index contributed by atoms with van der Waals surface area (Å²) < 4.78 is 5.22. The first kappa shape index (κ1) is 9.02. The number of non-ortho nitro benzene ring substituents is 1. The fraction of sp³-hybridized carbons (Fsp3) is 0.111. The first-order valence-corrected chi connectivity index (χ1v) is 4.30. The van der Waals surface area contributed by atoms with Crippen LogP contribution < -0.4 is 0 Å². The average molecular weight is 212 g/mol. The Balaban J connectivity index is 2.85. The third-order valence-electron chi connectivity index (χ3n) is 1.88. The van der Waals surface area contributed by atoms with Crippen LogP contribution in [0.1, 0.15) is 5.76 Å². The zero-order valence-corrected chi connectivity index (χ0v) is 8.04. The summed E-state index contributed by atoms with van der Waals surface area (Å²) in [6, 6.07) is 4.64. The molecule has 0 amide bonds. The van der Waals surface area contributed by atoms with Crippen LogP contribution in [0.4, 0.5) is 5.69 Å². The van der Waals surface area contributed by atoms with E-state index < -0.39 is 4.92 Å². The molecule has 0 N–H and O–H groups in total. The molecule has 0 aliphatic heterocycles. The van der Waals surface area contributed by atoms with Crippen molar-refractivity contribution in [1.82, 2.24) is 0 Å². The number of aryl methyl sites for hydroxylation is 1. The predicted molar refractivity (Wildman–Crippen MR) is 52.6 cm³/mol. The molecule has 72 valence electrons. The molecular weight excluding hydrogens is 206 g/mol. The smallest absolute Gasteiger partial charge is 0.313 e. The standard InChI is InChI=1S/C9H6ClNO3/c1-5-2-6-3-7(10)4-8(11(12)13)9(6)14-5/h2-4H,1H3. The Hall–Kier alpha value is -1.55. The molecule has 14 heavy (non-hydrogen) atoms. The van der Waals surface area contributed by atoms with Crippen molar-refractivity contribution in [2.24, 2.45) is 0 Å². The Kier molecular flexibility index (Phi) is 1.93. The maximum absolute atomic E-state index is 10.7. The Labute approximate surface area is 84.2 Å². The molecule has 1 aromatic heterocycles. The number of fused-ring (bicyclic) bond motifs is 1. The van der Waals surface area contributed by atoms with E-state index in [0.717, 1.165) is 0 Å². The van der Waals surface area contributed by atoms with E-state index in [2.05, 4.69) is 0 Å². The van der Waals surface area contributed by atoms with Crippen LogP contribution in [-0.2, 0) is 0 Å². The highest BCUT2D eigenvalue weighted by Crippen LogP contribution is 2.31. The predicted octanol–water partition coefficient (Wildman–Crippen LogP) is 3.30. The number of hydrogen-bond acceptors (Lipinski definition) is 3. The van der Waals surface area contributed by atoms with Crippen molar-refractivity contribution >= 4 is 28.3 Å². The van der Waals surface area contributed by atoms with Crippen LogP contribution in [0, 0.1) is 17.0 Å². The second kappa shape index (κ2) is 2.99. The van der Waals surface area contributed by atoms with Gasteiger partial charge in [-0.15, -0.1) is 0 Å². The molecule has 0 radical (unpaired) electrons. The summed E-state index contributed by atoms with van der Waals surface area (Å²) in [5.41, 5.74) is 0.178. The van der Waals surface area contributed by atoms with Gasteiger partial charge in [0.1, 0.15) is 5.76 Å². The molecule has 1 heterocycles. The van der Waals surface area contributed by atoms with Gasteiger partial charge in [0.15, 0.2) is 0 Å². The molecule has 2 aromatic rings. The highest BCUT2D eigenvalue weighted by atomic mass is 35.5. The van der Waals surface area contributed by atoms with E-state index >= 15 is 0 Å². The lowest BCUT2D eigenvalue weighted by Crippen LogP contribution is -1.87. The van der Waals surface area contributed by atoms with Gasteiger partial charge in [-0.25, -0.2) is 0 Å². The molecule has 0 unspecified atom stereocenters. The molecular formula is C9H6ClNO3. The second-order valence-corrected chi connectivity index (χ2v) is 3.39. The van der Waals surface area contributed by atoms with Crippen LogP contribution in [0.5, 0.6) is 0 Å². The van der Waals surface area contributed by atoms with Gasteiger partial charge in [0.05, 0.1) is 4.92 Å². The van der Waals surface area contributed by atoms with Crippen LogP contribution in [0.2, 0.25) is 5.02 Å². The second-order valence-electron chi connectivity index (χ2n) is 2.96. The molecule has 0 aliphatic carbocycles. The van der Waals surface area contributed by atoms with Gasteiger partial charge < -0.3 is 4.42 Å². The van der Waals surface area contributed by atoms with Crippen LogP contribution in [-0.4, -0.2) is 4.92 Å². The van der Waals surface area contributed by atoms with E-state index in [9.17, 15) is 10.1 Å². The number of nitro benzene ring substituents is 1. The highest BCUT2D eigenvalue weighted by Gasteiger charge is 2.17. The van der Waals surface area contributed by atoms with Crippen LogP contribution >= 0.6 is 11.6 Å². The molecule has 0 atom stereocenters. The first-order chi connectivity index (χ1) is 6.58. The Bertz CT molecular complexity index is 518. The molecule has 0 bridgehead atoms. The number of rotatable bonds is 1. The number of nitrogens with zero attached hydrogens (tertiary/aromatic N) is 1. The van der Waals surface area contributed by atoms with E-state index in [1.807, 2.05) is 0 Å². The van der Waals surface area contributed by atoms with Crippen molar-refractivity contribution in [2.75, 3.05) is 0 Å². The Morgan fingerprint density at radius 1 is 1.43 bits per heavy atom. The molecule has 0 saturated heterocycles. The van der Waals surface area contributed by atoms with Crippen molar-refractivity contribution in [3.05, 3.63) is 39.1 Å². The molecule has 4 nitrogen and oxygen atoms in total. The minimum atomic E-state index is -0.503. The van der Waals surface area contributed by atoms with Crippen molar-refractivity contribution < 1.29 is 9.34 Å². The maximum Gasteiger partial charge on any atom is 0.313 e. The number of nitro groups is 1. The molecule has 0 spiro atoms. The van der Waals surface area contributed by atoms with Crippen molar-refractivity contribution in [2.45, 2.75) is 6.92 Å². The van der Waals surface area contributed by atoms with E-state index in [4.69, 9.17) is 16.0 Å². The lowest BCUT2D eigenvalue weighted by atomic mass is 10.2. The van der Waals surface area contributed by atoms with Crippen LogP contribution in [0.25, 0.3) is 11.0 Å². The first-order valence-electron chi connectivity index (χ1n) is 3.92. The summed E-state index contributed by atoms with van der Waals surface area (Å²) in [4.78, 5) is 10.2. The van der Waals surface area contributed by atoms with Gasteiger partial charge >= 0.3 is 5.69 Å². The minimum Gasteiger partial charge on any atom is -0.454 e. The van der Waals surface area contributed by atoms with Crippen molar-refractivity contribution in [3.63, 3.8) is 0 Å². The van der Waals surface area contributed by atoms with Gasteiger partial charge in [-0.3, -0.25) is 10.1 Å². The number of benzene rings is 1. The Morgan fingerprint density at radius 3 is 2.79 bits per heavy atom. The minimum absolute atomic E-state index is 0.0967. The normalized spacial score (nSPS) is 10.7. The quantitative estimate of drug-likeness (QED) is 0.537. The largest absolute Gasteiger partial charge is 0.454 e. The highest BCUT2D eigenvalue weighted by molar-refractivity contribution is 6.31. The lowest BCUT2D eigenvalue weighted by Gasteiger charge is -1.93. The number of hydrogen-bond donors (Lipinski definition) is 0. The summed E-state index contributed by atoms with van der Waals surface area (Å²) in [6.07, 6.45) is 0. The van der Waals surface area contributed by atoms with E-state index in [1.165, 1.54) is 6.07 Å². The van der Waals surface area contributed by atoms with Gasteiger partial charge in [0.2, 0.25) is 5.58 Å². The van der Waals surface area contributed by atoms with Crippen LogP contribution in [0.3, 0.4) is 0 Å². The molecule has 0 fully saturated rings. The average Bonchev–Trinajstić information content (AvgIpc) is 2.42. The van der Waals surface area contributed by atoms with Crippen LogP contribution in [0.15, 0.2) is 22.6 Å². The summed E-state index contributed by atoms with van der Waals surface area (Å²) in [5.74, 6) is 0.630. The van der Waals surface area contributed by atoms with Gasteiger partial charge in [0, 0.05) is 16.5 Å². The summed E-state index contributed by atoms with van der Waals surface area (Å²) >= 11 is 5.73. The molecule has 0 saturated carbocycles. The third-order valence-corrected chi connectivity index (χ3v) is 2.10. The molecule has 1 aromatic carbocycles. The van der Waals surface area contributed by atoms with Gasteiger partial charge in [-0.1, -0.05) is 11.6 Å². The topological polar surface area (TPSA) is 56.3 Å². The summed E-state index contributed by atoms with van der Waals surface area (Å²) in [7, 11) is 0. The van der Waals surface area contributed by atoms with Gasteiger partial charge in [-0.05, 0) is 19.1 Å². The monoisotopic (exact) mass is 211 g/mol. The lowest BCUT2D eigenvalue weighted by molar-refractivity contribution is -0.383. The maximum atomic E-state index is 10.7. The van der Waals surface area contributed by atoms with E-state index in [0.29, 0.717) is 16.2 Å².